The van der Waals surface area contributed by atoms with Gasteiger partial charge in [-0.2, -0.15) is 0 Å². The van der Waals surface area contributed by atoms with Crippen molar-refractivity contribution in [1.82, 2.24) is 15.3 Å². The van der Waals surface area contributed by atoms with E-state index in [2.05, 4.69) is 63.6 Å². The number of hydrogen-bond acceptors (Lipinski definition) is 4. The molecule has 0 saturated carbocycles. The number of aryl methyl sites for hydroxylation is 1. The number of nitrogens with zero attached hydrogens (tertiary/aromatic N) is 2. The molecule has 2 atom stereocenters. The maximum Gasteiger partial charge on any atom is 0.154 e. The first-order chi connectivity index (χ1) is 15.7. The van der Waals surface area contributed by atoms with Crippen molar-refractivity contribution in [1.29, 1.82) is 0 Å². The topological polar surface area (TPSA) is 49.8 Å². The first-order valence-corrected chi connectivity index (χ1v) is 11.8. The molecule has 1 aromatic carbocycles. The van der Waals surface area contributed by atoms with Crippen LogP contribution in [0.1, 0.15) is 49.6 Å². The van der Waals surface area contributed by atoms with Crippen molar-refractivity contribution < 1.29 is 0 Å². The van der Waals surface area contributed by atoms with Crippen molar-refractivity contribution >= 4 is 18.0 Å². The molecule has 2 aromatic rings. The van der Waals surface area contributed by atoms with Gasteiger partial charge in [0.15, 0.2) is 5.82 Å². The Labute approximate surface area is 192 Å². The molecule has 1 aliphatic carbocycles. The standard InChI is InChI=1S/C28H34N4/c1-3-4-21(2)31-28-16-18-30-27(32-28)14-11-23-7-5-22(6-8-23)9-13-26-19-24-10-12-25(26)15-17-29-20-24/h3-8,11,14,16,18-19,24-25,29H,1,9-10,12-13,15,17,20H2,2H3,(H,30,31,32)/b14-11+,21-4+/t24-,25-/m1/s1. The summed E-state index contributed by atoms with van der Waals surface area (Å²) in [6.45, 7) is 8.03. The van der Waals surface area contributed by atoms with E-state index in [1.807, 2.05) is 25.1 Å². The lowest BCUT2D eigenvalue weighted by atomic mass is 9.77. The smallest absolute Gasteiger partial charge is 0.154 e. The minimum atomic E-state index is 0.686. The first-order valence-electron chi connectivity index (χ1n) is 11.8. The van der Waals surface area contributed by atoms with E-state index in [0.717, 1.165) is 41.9 Å². The van der Waals surface area contributed by atoms with Crippen molar-refractivity contribution in [2.75, 3.05) is 18.4 Å². The Kier molecular flexibility index (Phi) is 7.68. The summed E-state index contributed by atoms with van der Waals surface area (Å²) in [5.41, 5.74) is 5.26. The van der Waals surface area contributed by atoms with Crippen LogP contribution in [0, 0.1) is 11.8 Å². The predicted octanol–water partition coefficient (Wildman–Crippen LogP) is 6.03. The van der Waals surface area contributed by atoms with Crippen LogP contribution >= 0.6 is 0 Å². The second-order valence-corrected chi connectivity index (χ2v) is 8.85. The summed E-state index contributed by atoms with van der Waals surface area (Å²) in [6, 6.07) is 10.7. The highest BCUT2D eigenvalue weighted by Crippen LogP contribution is 2.34. The number of nitrogens with one attached hydrogen (secondary N) is 2. The summed E-state index contributed by atoms with van der Waals surface area (Å²) in [7, 11) is 0. The Morgan fingerprint density at radius 3 is 2.84 bits per heavy atom. The van der Waals surface area contributed by atoms with Crippen LogP contribution in [-0.4, -0.2) is 23.1 Å². The number of rotatable bonds is 8. The van der Waals surface area contributed by atoms with Gasteiger partial charge in [-0.25, -0.2) is 9.97 Å². The lowest BCUT2D eigenvalue weighted by molar-refractivity contribution is 0.352. The lowest BCUT2D eigenvalue weighted by Crippen LogP contribution is -2.32. The molecule has 0 amide bonds. The second kappa shape index (κ2) is 11.1. The molecule has 32 heavy (non-hydrogen) atoms. The maximum absolute atomic E-state index is 4.55. The highest BCUT2D eigenvalue weighted by Gasteiger charge is 2.24. The summed E-state index contributed by atoms with van der Waals surface area (Å²) in [4.78, 5) is 8.90. The largest absolute Gasteiger partial charge is 0.344 e. The molecule has 1 saturated heterocycles. The van der Waals surface area contributed by atoms with Crippen molar-refractivity contribution in [3.8, 4) is 0 Å². The molecule has 3 aliphatic rings. The van der Waals surface area contributed by atoms with Crippen LogP contribution < -0.4 is 10.6 Å². The number of aromatic nitrogens is 2. The van der Waals surface area contributed by atoms with Gasteiger partial charge < -0.3 is 10.6 Å². The third-order valence-electron chi connectivity index (χ3n) is 6.41. The lowest BCUT2D eigenvalue weighted by Gasteiger charge is -2.32. The van der Waals surface area contributed by atoms with E-state index in [1.54, 1.807) is 17.8 Å². The van der Waals surface area contributed by atoms with E-state index in [0.29, 0.717) is 5.82 Å². The minimum absolute atomic E-state index is 0.686. The van der Waals surface area contributed by atoms with Crippen LogP contribution in [-0.2, 0) is 6.42 Å². The van der Waals surface area contributed by atoms with E-state index in [1.165, 1.54) is 37.8 Å². The molecule has 1 fully saturated rings. The SMILES string of the molecule is C=C/C=C(\C)Nc1ccnc(/C=C/c2ccc(CCC3=C[C@H]4CC[C@@H]3CCNC4)cc2)n1. The van der Waals surface area contributed by atoms with Gasteiger partial charge >= 0.3 is 0 Å². The number of fused-ring (bicyclic) bond motifs is 4. The summed E-state index contributed by atoms with van der Waals surface area (Å²) in [5.74, 6) is 3.00. The van der Waals surface area contributed by atoms with E-state index < -0.39 is 0 Å². The molecular formula is C28H34N4. The van der Waals surface area contributed by atoms with Gasteiger partial charge in [0, 0.05) is 18.4 Å². The van der Waals surface area contributed by atoms with Crippen LogP contribution in [0.5, 0.6) is 0 Å². The van der Waals surface area contributed by atoms with Crippen molar-refractivity contribution in [2.45, 2.75) is 39.0 Å². The van der Waals surface area contributed by atoms with Gasteiger partial charge in [0.1, 0.15) is 5.82 Å². The Balaban J connectivity index is 1.34. The van der Waals surface area contributed by atoms with Crippen molar-refractivity contribution in [3.05, 3.63) is 89.6 Å². The van der Waals surface area contributed by atoms with Gasteiger partial charge in [-0.15, -0.1) is 0 Å². The Morgan fingerprint density at radius 1 is 1.12 bits per heavy atom. The molecule has 2 bridgehead atoms. The molecule has 4 heteroatoms. The molecule has 0 unspecified atom stereocenters. The van der Waals surface area contributed by atoms with Crippen LogP contribution in [0.15, 0.2) is 72.6 Å². The summed E-state index contributed by atoms with van der Waals surface area (Å²) in [5, 5.41) is 6.83. The zero-order valence-electron chi connectivity index (χ0n) is 19.1. The van der Waals surface area contributed by atoms with Crippen molar-refractivity contribution in [2.24, 2.45) is 11.8 Å². The number of allylic oxidation sites excluding steroid dienone is 4. The molecule has 3 heterocycles. The Morgan fingerprint density at radius 2 is 2.00 bits per heavy atom. The summed E-state index contributed by atoms with van der Waals surface area (Å²) >= 11 is 0. The molecule has 2 N–H and O–H groups in total. The van der Waals surface area contributed by atoms with E-state index in [-0.39, 0.29) is 0 Å². The monoisotopic (exact) mass is 426 g/mol. The van der Waals surface area contributed by atoms with Gasteiger partial charge in [-0.05, 0) is 86.8 Å². The fourth-order valence-corrected chi connectivity index (χ4v) is 4.66. The Hall–Kier alpha value is -2.98. The molecule has 2 aliphatic heterocycles. The van der Waals surface area contributed by atoms with Gasteiger partial charge in [0.2, 0.25) is 0 Å². The summed E-state index contributed by atoms with van der Waals surface area (Å²) < 4.78 is 0. The number of benzene rings is 1. The van der Waals surface area contributed by atoms with E-state index >= 15 is 0 Å². The van der Waals surface area contributed by atoms with Crippen LogP contribution in [0.25, 0.3) is 12.2 Å². The fourth-order valence-electron chi connectivity index (χ4n) is 4.66. The number of anilines is 1. The van der Waals surface area contributed by atoms with Gasteiger partial charge in [-0.3, -0.25) is 0 Å². The van der Waals surface area contributed by atoms with Gasteiger partial charge in [0.25, 0.3) is 0 Å². The fraction of sp³-hybridized carbons (Fsp3) is 0.357. The maximum atomic E-state index is 4.55. The third-order valence-corrected chi connectivity index (χ3v) is 6.41. The van der Waals surface area contributed by atoms with Crippen LogP contribution in [0.3, 0.4) is 0 Å². The normalized spacial score (nSPS) is 21.2. The molecule has 0 radical (unpaired) electrons. The molecule has 4 nitrogen and oxygen atoms in total. The van der Waals surface area contributed by atoms with Crippen LogP contribution in [0.4, 0.5) is 5.82 Å². The van der Waals surface area contributed by atoms with Gasteiger partial charge in [-0.1, -0.05) is 54.6 Å². The van der Waals surface area contributed by atoms with E-state index in [9.17, 15) is 0 Å². The summed E-state index contributed by atoms with van der Waals surface area (Å²) in [6.07, 6.45) is 18.4. The highest BCUT2D eigenvalue weighted by molar-refractivity contribution is 5.67. The molecule has 166 valence electrons. The molecule has 0 spiro atoms. The molecule has 1 aromatic heterocycles. The third kappa shape index (κ3) is 6.27. The molecular weight excluding hydrogens is 392 g/mol. The number of hydrogen-bond donors (Lipinski definition) is 2. The molecule has 5 rings (SSSR count). The van der Waals surface area contributed by atoms with Gasteiger partial charge in [0.05, 0.1) is 0 Å². The minimum Gasteiger partial charge on any atom is -0.344 e. The average molecular weight is 427 g/mol. The zero-order valence-corrected chi connectivity index (χ0v) is 19.1. The quantitative estimate of drug-likeness (QED) is 0.400. The zero-order chi connectivity index (χ0) is 22.2. The first kappa shape index (κ1) is 22.2. The second-order valence-electron chi connectivity index (χ2n) is 8.85. The predicted molar refractivity (Wildman–Crippen MR) is 135 cm³/mol. The van der Waals surface area contributed by atoms with Crippen molar-refractivity contribution in [3.63, 3.8) is 0 Å². The van der Waals surface area contributed by atoms with E-state index in [4.69, 9.17) is 0 Å². The highest BCUT2D eigenvalue weighted by atomic mass is 15.0. The van der Waals surface area contributed by atoms with Crippen LogP contribution in [0.2, 0.25) is 0 Å². The Bertz CT molecular complexity index is 1000. The average Bonchev–Trinajstić information content (AvgIpc) is 2.78.